The van der Waals surface area contributed by atoms with Crippen LogP contribution in [0.25, 0.3) is 0 Å². The van der Waals surface area contributed by atoms with Gasteiger partial charge in [-0.05, 0) is 17.9 Å². The molecule has 1 N–H and O–H groups in total. The minimum Gasteiger partial charge on any atom is -0.348 e. The maximum absolute atomic E-state index is 11.6. The Hall–Kier alpha value is -1.27. The summed E-state index contributed by atoms with van der Waals surface area (Å²) in [4.78, 5) is 12.3. The second-order valence-electron chi connectivity index (χ2n) is 2.96. The predicted molar refractivity (Wildman–Crippen MR) is 59.3 cm³/mol. The third-order valence-electron chi connectivity index (χ3n) is 1.94. The molecule has 0 aromatic carbocycles. The minimum absolute atomic E-state index is 0.0258. The normalized spacial score (nSPS) is 11.7. The van der Waals surface area contributed by atoms with E-state index in [0.717, 1.165) is 11.3 Å². The number of nitrogens with one attached hydrogen (secondary N) is 1. The number of amides is 1. The molecule has 0 saturated carbocycles. The Morgan fingerprint density at radius 3 is 3.07 bits per heavy atom. The van der Waals surface area contributed by atoms with Crippen molar-refractivity contribution in [3.05, 3.63) is 22.4 Å². The van der Waals surface area contributed by atoms with Crippen molar-refractivity contribution in [3.63, 3.8) is 0 Å². The van der Waals surface area contributed by atoms with Crippen LogP contribution in [0.4, 0.5) is 0 Å². The number of carbonyl (C=O) groups excluding carboxylic acids is 1. The molecule has 1 aromatic heterocycles. The summed E-state index contributed by atoms with van der Waals surface area (Å²) in [5.74, 6) is 2.53. The molecule has 1 rings (SSSR count). The first-order valence-corrected chi connectivity index (χ1v) is 5.43. The molecule has 1 heterocycles. The molecule has 0 aliphatic heterocycles. The molecule has 0 bridgehead atoms. The molecular formula is C11H13NOS. The molecule has 0 aliphatic rings. The number of thiophene rings is 1. The molecule has 14 heavy (non-hydrogen) atoms. The molecule has 0 saturated heterocycles. The van der Waals surface area contributed by atoms with Gasteiger partial charge in [0.25, 0.3) is 5.91 Å². The molecule has 0 aliphatic carbocycles. The van der Waals surface area contributed by atoms with E-state index in [-0.39, 0.29) is 11.9 Å². The average molecular weight is 207 g/mol. The van der Waals surface area contributed by atoms with Gasteiger partial charge in [0, 0.05) is 12.5 Å². The van der Waals surface area contributed by atoms with Crippen LogP contribution >= 0.6 is 11.3 Å². The lowest BCUT2D eigenvalue weighted by Crippen LogP contribution is -2.33. The quantitative estimate of drug-likeness (QED) is 0.754. The van der Waals surface area contributed by atoms with Gasteiger partial charge >= 0.3 is 0 Å². The highest BCUT2D eigenvalue weighted by Crippen LogP contribution is 2.09. The lowest BCUT2D eigenvalue weighted by molar-refractivity contribution is 0.0941. The van der Waals surface area contributed by atoms with Crippen LogP contribution in [0.2, 0.25) is 0 Å². The van der Waals surface area contributed by atoms with Crippen LogP contribution in [0.3, 0.4) is 0 Å². The van der Waals surface area contributed by atoms with E-state index in [1.165, 1.54) is 11.3 Å². The van der Waals surface area contributed by atoms with Crippen molar-refractivity contribution < 1.29 is 4.79 Å². The largest absolute Gasteiger partial charge is 0.348 e. The first-order chi connectivity index (χ1) is 6.77. The van der Waals surface area contributed by atoms with Crippen LogP contribution in [0.15, 0.2) is 17.5 Å². The van der Waals surface area contributed by atoms with Gasteiger partial charge in [-0.25, -0.2) is 0 Å². The highest BCUT2D eigenvalue weighted by atomic mass is 32.1. The van der Waals surface area contributed by atoms with Crippen LogP contribution in [0, 0.1) is 12.3 Å². The second kappa shape index (κ2) is 5.46. The minimum atomic E-state index is -0.0258. The molecule has 1 unspecified atom stereocenters. The van der Waals surface area contributed by atoms with Gasteiger partial charge < -0.3 is 5.32 Å². The highest BCUT2D eigenvalue weighted by Gasteiger charge is 2.11. The molecule has 1 amide bonds. The van der Waals surface area contributed by atoms with Gasteiger partial charge in [0.2, 0.25) is 0 Å². The van der Waals surface area contributed by atoms with Gasteiger partial charge in [0.15, 0.2) is 0 Å². The van der Waals surface area contributed by atoms with Crippen LogP contribution in [-0.4, -0.2) is 11.9 Å². The molecule has 74 valence electrons. The van der Waals surface area contributed by atoms with Crippen molar-refractivity contribution in [3.8, 4) is 12.3 Å². The van der Waals surface area contributed by atoms with Crippen molar-refractivity contribution in [2.45, 2.75) is 25.8 Å². The van der Waals surface area contributed by atoms with Crippen molar-refractivity contribution in [2.75, 3.05) is 0 Å². The fourth-order valence-corrected chi connectivity index (χ4v) is 1.73. The zero-order valence-corrected chi connectivity index (χ0v) is 8.93. The molecule has 0 radical (unpaired) electrons. The Bertz CT molecular complexity index is 324. The van der Waals surface area contributed by atoms with Crippen LogP contribution in [0.1, 0.15) is 29.4 Å². The number of hydrogen-bond donors (Lipinski definition) is 1. The van der Waals surface area contributed by atoms with Gasteiger partial charge in [0.05, 0.1) is 4.88 Å². The van der Waals surface area contributed by atoms with E-state index < -0.39 is 0 Å². The molecular weight excluding hydrogens is 194 g/mol. The second-order valence-corrected chi connectivity index (χ2v) is 3.91. The van der Waals surface area contributed by atoms with Crippen LogP contribution in [-0.2, 0) is 0 Å². The highest BCUT2D eigenvalue weighted by molar-refractivity contribution is 7.12. The summed E-state index contributed by atoms with van der Waals surface area (Å²) in [5, 5.41) is 4.78. The van der Waals surface area contributed by atoms with Crippen molar-refractivity contribution in [1.82, 2.24) is 5.32 Å². The Kier molecular flexibility index (Phi) is 4.21. The number of carbonyl (C=O) groups is 1. The van der Waals surface area contributed by atoms with E-state index in [4.69, 9.17) is 6.42 Å². The van der Waals surface area contributed by atoms with Crippen LogP contribution < -0.4 is 5.32 Å². The van der Waals surface area contributed by atoms with Gasteiger partial charge in [-0.2, -0.15) is 0 Å². The molecule has 0 fully saturated rings. The first kappa shape index (κ1) is 10.8. The van der Waals surface area contributed by atoms with E-state index >= 15 is 0 Å². The monoisotopic (exact) mass is 207 g/mol. The fourth-order valence-electron chi connectivity index (χ4n) is 1.10. The third-order valence-corrected chi connectivity index (χ3v) is 2.81. The standard InChI is InChI=1S/C11H13NOS/c1-3-6-9(4-2)12-11(13)10-7-5-8-14-10/h1,5,7-9H,4,6H2,2H3,(H,12,13). The summed E-state index contributed by atoms with van der Waals surface area (Å²) >= 11 is 1.44. The van der Waals surface area contributed by atoms with E-state index in [9.17, 15) is 4.79 Å². The Morgan fingerprint density at radius 2 is 2.57 bits per heavy atom. The van der Waals surface area contributed by atoms with E-state index in [0.29, 0.717) is 6.42 Å². The summed E-state index contributed by atoms with van der Waals surface area (Å²) in [6, 6.07) is 3.76. The molecule has 1 aromatic rings. The maximum atomic E-state index is 11.6. The number of terminal acetylenes is 1. The number of rotatable bonds is 4. The Labute approximate surface area is 88.3 Å². The summed E-state index contributed by atoms with van der Waals surface area (Å²) in [6.45, 7) is 2.01. The van der Waals surface area contributed by atoms with E-state index in [1.54, 1.807) is 0 Å². The third kappa shape index (κ3) is 2.90. The van der Waals surface area contributed by atoms with E-state index in [2.05, 4.69) is 11.2 Å². The predicted octanol–water partition coefficient (Wildman–Crippen LogP) is 2.28. The molecule has 3 heteroatoms. The number of hydrogen-bond acceptors (Lipinski definition) is 2. The smallest absolute Gasteiger partial charge is 0.261 e. The van der Waals surface area contributed by atoms with Gasteiger partial charge in [-0.1, -0.05) is 13.0 Å². The van der Waals surface area contributed by atoms with Crippen molar-refractivity contribution >= 4 is 17.2 Å². The topological polar surface area (TPSA) is 29.1 Å². The lowest BCUT2D eigenvalue weighted by Gasteiger charge is -2.12. The van der Waals surface area contributed by atoms with Gasteiger partial charge in [-0.15, -0.1) is 23.7 Å². The van der Waals surface area contributed by atoms with E-state index in [1.807, 2.05) is 24.4 Å². The van der Waals surface area contributed by atoms with Crippen molar-refractivity contribution in [2.24, 2.45) is 0 Å². The van der Waals surface area contributed by atoms with Gasteiger partial charge in [-0.3, -0.25) is 4.79 Å². The Morgan fingerprint density at radius 1 is 1.79 bits per heavy atom. The van der Waals surface area contributed by atoms with Crippen molar-refractivity contribution in [1.29, 1.82) is 0 Å². The Balaban J connectivity index is 2.52. The molecule has 1 atom stereocenters. The molecule has 2 nitrogen and oxygen atoms in total. The zero-order chi connectivity index (χ0) is 10.4. The SMILES string of the molecule is C#CCC(CC)NC(=O)c1cccs1. The summed E-state index contributed by atoms with van der Waals surface area (Å²) in [5.41, 5.74) is 0. The fraction of sp³-hybridized carbons (Fsp3) is 0.364. The zero-order valence-electron chi connectivity index (χ0n) is 8.12. The maximum Gasteiger partial charge on any atom is 0.261 e. The lowest BCUT2D eigenvalue weighted by atomic mass is 10.1. The van der Waals surface area contributed by atoms with Gasteiger partial charge in [0.1, 0.15) is 0 Å². The average Bonchev–Trinajstić information content (AvgIpc) is 2.69. The molecule has 0 spiro atoms. The summed E-state index contributed by atoms with van der Waals surface area (Å²) in [7, 11) is 0. The van der Waals surface area contributed by atoms with Crippen LogP contribution in [0.5, 0.6) is 0 Å². The summed E-state index contributed by atoms with van der Waals surface area (Å²) in [6.07, 6.45) is 6.65. The first-order valence-electron chi connectivity index (χ1n) is 4.55. The summed E-state index contributed by atoms with van der Waals surface area (Å²) < 4.78 is 0.